The van der Waals surface area contributed by atoms with Gasteiger partial charge in [0.1, 0.15) is 23.1 Å². The summed E-state index contributed by atoms with van der Waals surface area (Å²) < 4.78 is 106. The molecular weight excluding hydrogens is 843 g/mol. The molecule has 0 fully saturated rings. The molecule has 63 heavy (non-hydrogen) atoms. The van der Waals surface area contributed by atoms with Gasteiger partial charge in [0.25, 0.3) is 0 Å². The number of carbonyl (C=O) groups excluding carboxylic acids is 2. The van der Waals surface area contributed by atoms with Gasteiger partial charge in [-0.2, -0.15) is 26.3 Å². The van der Waals surface area contributed by atoms with E-state index >= 15 is 26.3 Å². The number of aryl methyl sites for hydroxylation is 2. The van der Waals surface area contributed by atoms with Crippen molar-refractivity contribution in [2.24, 2.45) is 0 Å². The minimum absolute atomic E-state index is 0.00321. The molecule has 0 aliphatic rings. The van der Waals surface area contributed by atoms with Crippen LogP contribution in [0.4, 0.5) is 38.0 Å². The molecule has 2 heterocycles. The lowest BCUT2D eigenvalue weighted by Crippen LogP contribution is -2.13. The fourth-order valence-electron chi connectivity index (χ4n) is 6.71. The Morgan fingerprint density at radius 3 is 1.33 bits per heavy atom. The molecule has 324 valence electrons. The highest BCUT2D eigenvalue weighted by molar-refractivity contribution is 7.99. The van der Waals surface area contributed by atoms with Crippen molar-refractivity contribution in [1.82, 2.24) is 9.97 Å². The molecule has 15 heteroatoms. The highest BCUT2D eigenvalue weighted by Crippen LogP contribution is 2.52. The van der Waals surface area contributed by atoms with Gasteiger partial charge in [-0.3, -0.25) is 9.59 Å². The summed E-state index contributed by atoms with van der Waals surface area (Å²) in [7, 11) is 0. The van der Waals surface area contributed by atoms with E-state index in [0.29, 0.717) is 11.4 Å². The second-order valence-electron chi connectivity index (χ2n) is 13.7. The van der Waals surface area contributed by atoms with Crippen molar-refractivity contribution in [3.8, 4) is 33.8 Å². The maximum Gasteiger partial charge on any atom is 0.418 e. The number of nitrogens with zero attached hydrogens (tertiary/aromatic N) is 2. The minimum atomic E-state index is -5.14. The number of ether oxygens (including phenoxy) is 2. The maximum absolute atomic E-state index is 15.7. The molecule has 2 N–H and O–H groups in total. The molecule has 2 amide bonds. The van der Waals surface area contributed by atoms with Crippen LogP contribution >= 0.6 is 11.8 Å². The molecule has 0 aliphatic carbocycles. The summed E-state index contributed by atoms with van der Waals surface area (Å²) in [5.74, 6) is -0.751. The molecule has 0 spiro atoms. The highest BCUT2D eigenvalue weighted by Gasteiger charge is 2.42. The second kappa shape index (κ2) is 19.9. The number of hydrogen-bond acceptors (Lipinski definition) is 7. The first kappa shape index (κ1) is 45.7. The van der Waals surface area contributed by atoms with Crippen LogP contribution in [0.1, 0.15) is 47.5 Å². The molecule has 0 bridgehead atoms. The van der Waals surface area contributed by atoms with E-state index in [2.05, 4.69) is 20.6 Å². The lowest BCUT2D eigenvalue weighted by molar-refractivity contribution is -0.139. The van der Waals surface area contributed by atoms with Crippen LogP contribution in [0.25, 0.3) is 34.4 Å². The van der Waals surface area contributed by atoms with E-state index in [9.17, 15) is 9.59 Å². The van der Waals surface area contributed by atoms with E-state index in [1.54, 1.807) is 76.2 Å². The fourth-order valence-corrected chi connectivity index (χ4v) is 7.86. The Labute approximate surface area is 364 Å². The minimum Gasteiger partial charge on any atom is -0.493 e. The number of nitrogens with one attached hydrogen (secondary N) is 2. The van der Waals surface area contributed by atoms with E-state index in [0.717, 1.165) is 24.3 Å². The predicted octanol–water partition coefficient (Wildman–Crippen LogP) is 12.7. The highest BCUT2D eigenvalue weighted by atomic mass is 32.2. The Balaban J connectivity index is 1.55. The summed E-state index contributed by atoms with van der Waals surface area (Å²) >= 11 is 0.278. The zero-order valence-corrected chi connectivity index (χ0v) is 35.1. The number of aromatic nitrogens is 2. The normalized spacial score (nSPS) is 11.8. The van der Waals surface area contributed by atoms with Crippen LogP contribution in [0, 0.1) is 13.8 Å². The molecule has 0 radical (unpaired) electrons. The number of hydrogen-bond donors (Lipinski definition) is 2. The lowest BCUT2D eigenvalue weighted by atomic mass is 9.92. The molecule has 0 aliphatic heterocycles. The van der Waals surface area contributed by atoms with Crippen molar-refractivity contribution in [3.63, 3.8) is 0 Å². The topological polar surface area (TPSA) is 102 Å². The van der Waals surface area contributed by atoms with E-state index < -0.39 is 56.2 Å². The average Bonchev–Trinajstić information content (AvgIpc) is 3.22. The Kier molecular flexibility index (Phi) is 14.4. The van der Waals surface area contributed by atoms with Crippen molar-refractivity contribution in [1.29, 1.82) is 0 Å². The number of pyridine rings is 2. The first-order chi connectivity index (χ1) is 30.1. The second-order valence-corrected chi connectivity index (χ2v) is 14.8. The van der Waals surface area contributed by atoms with Gasteiger partial charge in [0.2, 0.25) is 11.8 Å². The van der Waals surface area contributed by atoms with Gasteiger partial charge in [-0.05, 0) is 99.5 Å². The standard InChI is InChI=1S/C48H40F6N4O4S/c1-5-61-35-17-9-7-15-33(35)43-31(23-27-41(59)57-39-19-11-13-29(3)55-39)21-25-37(45(43)47(49,50)51)63-38-26-22-32(24-28-42(60)58-40-20-12-14-30(4)56-40)44(46(38)48(52,53)54)34-16-8-10-18-36(34)62-6-2/h7-28H,5-6H2,1-4H3,(H,55,57,59)(H,56,58,60)/b27-23+,28-24+. The molecule has 4 aromatic carbocycles. The first-order valence-corrected chi connectivity index (χ1v) is 20.3. The van der Waals surface area contributed by atoms with E-state index in [1.807, 2.05) is 0 Å². The van der Waals surface area contributed by atoms with Crippen LogP contribution in [0.5, 0.6) is 11.5 Å². The van der Waals surface area contributed by atoms with Gasteiger partial charge < -0.3 is 20.1 Å². The van der Waals surface area contributed by atoms with E-state index in [4.69, 9.17) is 9.47 Å². The molecule has 0 unspecified atom stereocenters. The van der Waals surface area contributed by atoms with Crippen molar-refractivity contribution >= 4 is 47.4 Å². The third-order valence-corrected chi connectivity index (χ3v) is 10.3. The number of rotatable bonds is 14. The third-order valence-electron chi connectivity index (χ3n) is 9.21. The number of para-hydroxylation sites is 2. The average molecular weight is 883 g/mol. The molecular formula is C48H40F6N4O4S. The number of carbonyl (C=O) groups is 2. The summed E-state index contributed by atoms with van der Waals surface area (Å²) in [4.78, 5) is 33.4. The molecule has 0 saturated heterocycles. The number of anilines is 2. The van der Waals surface area contributed by atoms with Gasteiger partial charge in [0, 0.05) is 55.6 Å². The van der Waals surface area contributed by atoms with Crippen molar-refractivity contribution < 1.29 is 45.4 Å². The summed E-state index contributed by atoms with van der Waals surface area (Å²) in [5, 5.41) is 5.17. The molecule has 0 atom stereocenters. The van der Waals surface area contributed by atoms with Gasteiger partial charge in [-0.25, -0.2) is 9.97 Å². The summed E-state index contributed by atoms with van der Waals surface area (Å²) in [5.41, 5.74) is -2.22. The van der Waals surface area contributed by atoms with Gasteiger partial charge in [0.15, 0.2) is 0 Å². The van der Waals surface area contributed by atoms with Gasteiger partial charge >= 0.3 is 12.4 Å². The Morgan fingerprint density at radius 1 is 0.571 bits per heavy atom. The quantitative estimate of drug-likeness (QED) is 0.0830. The number of benzene rings is 4. The van der Waals surface area contributed by atoms with Crippen molar-refractivity contribution in [2.45, 2.75) is 49.8 Å². The SMILES string of the molecule is CCOc1ccccc1-c1c(/C=C/C(=O)Nc2cccc(C)n2)ccc(Sc2ccc(/C=C/C(=O)Nc3cccc(C)n3)c(-c3ccccc3OCC)c2C(F)(F)F)c1C(F)(F)F. The Bertz CT molecular complexity index is 2520. The molecule has 2 aromatic heterocycles. The molecule has 6 aromatic rings. The maximum atomic E-state index is 15.7. The fraction of sp³-hybridized carbons (Fsp3) is 0.167. The Hall–Kier alpha value is -6.87. The van der Waals surface area contributed by atoms with Gasteiger partial charge in [-0.15, -0.1) is 0 Å². The number of alkyl halides is 6. The van der Waals surface area contributed by atoms with Crippen LogP contribution < -0.4 is 20.1 Å². The Morgan fingerprint density at radius 2 is 0.968 bits per heavy atom. The summed E-state index contributed by atoms with van der Waals surface area (Å²) in [6.45, 7) is 6.95. The summed E-state index contributed by atoms with van der Waals surface area (Å²) in [6, 6.07) is 26.6. The zero-order chi connectivity index (χ0) is 45.3. The largest absolute Gasteiger partial charge is 0.493 e. The van der Waals surface area contributed by atoms with Crippen LogP contribution in [-0.2, 0) is 21.9 Å². The lowest BCUT2D eigenvalue weighted by Gasteiger charge is -2.24. The van der Waals surface area contributed by atoms with Crippen molar-refractivity contribution in [2.75, 3.05) is 23.8 Å². The smallest absolute Gasteiger partial charge is 0.418 e. The predicted molar refractivity (Wildman–Crippen MR) is 233 cm³/mol. The molecule has 0 saturated carbocycles. The van der Waals surface area contributed by atoms with E-state index in [1.165, 1.54) is 60.7 Å². The van der Waals surface area contributed by atoms with Crippen LogP contribution in [-0.4, -0.2) is 35.0 Å². The van der Waals surface area contributed by atoms with Crippen LogP contribution in [0.3, 0.4) is 0 Å². The molecule has 8 nitrogen and oxygen atoms in total. The number of halogens is 6. The van der Waals surface area contributed by atoms with Crippen molar-refractivity contribution in [3.05, 3.63) is 155 Å². The monoisotopic (exact) mass is 882 g/mol. The van der Waals surface area contributed by atoms with E-state index in [-0.39, 0.29) is 70.4 Å². The third kappa shape index (κ3) is 11.3. The summed E-state index contributed by atoms with van der Waals surface area (Å²) in [6.07, 6.45) is -5.79. The zero-order valence-electron chi connectivity index (χ0n) is 34.3. The van der Waals surface area contributed by atoms with Gasteiger partial charge in [0.05, 0.1) is 24.3 Å². The first-order valence-electron chi connectivity index (χ1n) is 19.5. The number of amides is 2. The van der Waals surface area contributed by atoms with Crippen LogP contribution in [0.15, 0.2) is 131 Å². The van der Waals surface area contributed by atoms with Crippen LogP contribution in [0.2, 0.25) is 0 Å². The molecule has 6 rings (SSSR count). The van der Waals surface area contributed by atoms with Gasteiger partial charge in [-0.1, -0.05) is 72.4 Å².